The zero-order valence-corrected chi connectivity index (χ0v) is 33.2. The molecule has 8 atom stereocenters. The van der Waals surface area contributed by atoms with Crippen LogP contribution in [0.1, 0.15) is 72.9 Å². The molecule has 0 aliphatic rings. The molecule has 0 fully saturated rings. The second-order valence-corrected chi connectivity index (χ2v) is 15.0. The number of thioether (sulfide) groups is 1. The number of carbonyl (C=O) groups excluding carboxylic acids is 7. The number of primary amides is 1. The number of aliphatic carboxylic acids is 1. The fourth-order valence-corrected chi connectivity index (χ4v) is 5.57. The van der Waals surface area contributed by atoms with Crippen molar-refractivity contribution in [1.29, 1.82) is 0 Å². The van der Waals surface area contributed by atoms with E-state index in [1.165, 1.54) is 38.1 Å². The van der Waals surface area contributed by atoms with Crippen LogP contribution in [0.5, 0.6) is 0 Å². The maximum absolute atomic E-state index is 13.7. The Balaban J connectivity index is 3.27. The first-order chi connectivity index (χ1) is 25.7. The highest BCUT2D eigenvalue weighted by atomic mass is 32.2. The number of aromatic nitrogens is 2. The van der Waals surface area contributed by atoms with E-state index in [0.717, 1.165) is 0 Å². The standard InChI is InChI=1S/C34H58N10O10S/c1-16(2)12-23(30(49)39-18(5)34(53)54)42-33(52)27(19(6)45)44-29(48)22(8-9-25(36)46)40-32(51)26(17(3)4)43-31(50)24(13-20-14-37-15-38-20)41-28(47)21(35)10-11-55-7/h14-19,21-24,26-27,45H,8-13,35H2,1-7H3,(H2,36,46)(H,37,38)(H,39,49)(H,40,51)(H,41,47)(H,42,52)(H,43,50)(H,44,48)(H,53,54)/t18-,19+,21-,22-,23-,24-,26-,27-/m0/s1. The number of aliphatic hydroxyl groups is 1. The third-order valence-corrected chi connectivity index (χ3v) is 8.92. The Morgan fingerprint density at radius 2 is 1.31 bits per heavy atom. The molecule has 1 aromatic heterocycles. The Morgan fingerprint density at radius 3 is 1.82 bits per heavy atom. The number of aromatic amines is 1. The number of carbonyl (C=O) groups is 8. The van der Waals surface area contributed by atoms with E-state index in [9.17, 15) is 48.6 Å². The van der Waals surface area contributed by atoms with Gasteiger partial charge in [-0.3, -0.25) is 38.4 Å². The Bertz CT molecular complexity index is 1460. The number of carboxylic acids is 1. The van der Waals surface area contributed by atoms with Crippen molar-refractivity contribution in [3.8, 4) is 0 Å². The minimum atomic E-state index is -1.67. The first-order valence-electron chi connectivity index (χ1n) is 17.9. The van der Waals surface area contributed by atoms with E-state index >= 15 is 0 Å². The number of aliphatic hydroxyl groups excluding tert-OH is 1. The van der Waals surface area contributed by atoms with Crippen molar-refractivity contribution in [3.63, 3.8) is 0 Å². The van der Waals surface area contributed by atoms with Crippen LogP contribution >= 0.6 is 11.8 Å². The van der Waals surface area contributed by atoms with E-state index in [1.54, 1.807) is 27.7 Å². The molecule has 0 bridgehead atoms. The van der Waals surface area contributed by atoms with E-state index in [4.69, 9.17) is 11.5 Å². The first kappa shape index (κ1) is 48.3. The molecule has 1 heterocycles. The summed E-state index contributed by atoms with van der Waals surface area (Å²) in [6.07, 6.45) is 2.90. The van der Waals surface area contributed by atoms with Crippen LogP contribution in [-0.2, 0) is 44.8 Å². The highest BCUT2D eigenvalue weighted by Gasteiger charge is 2.36. The summed E-state index contributed by atoms with van der Waals surface area (Å²) in [5.74, 6) is -7.17. The lowest BCUT2D eigenvalue weighted by molar-refractivity contribution is -0.142. The molecule has 0 saturated carbocycles. The lowest BCUT2D eigenvalue weighted by Crippen LogP contribution is -2.62. The summed E-state index contributed by atoms with van der Waals surface area (Å²) >= 11 is 1.50. The minimum absolute atomic E-state index is 0.0238. The van der Waals surface area contributed by atoms with Crippen LogP contribution in [0.25, 0.3) is 0 Å². The van der Waals surface area contributed by atoms with Gasteiger partial charge in [-0.2, -0.15) is 11.8 Å². The van der Waals surface area contributed by atoms with Crippen molar-refractivity contribution in [2.24, 2.45) is 23.3 Å². The van der Waals surface area contributed by atoms with E-state index < -0.39 is 102 Å². The van der Waals surface area contributed by atoms with Crippen LogP contribution < -0.4 is 43.4 Å². The topological polar surface area (TPSA) is 330 Å². The first-order valence-corrected chi connectivity index (χ1v) is 19.3. The number of rotatable bonds is 25. The van der Waals surface area contributed by atoms with Crippen LogP contribution in [-0.4, -0.2) is 128 Å². The zero-order chi connectivity index (χ0) is 42.0. The third kappa shape index (κ3) is 17.5. The van der Waals surface area contributed by atoms with Gasteiger partial charge in [-0.1, -0.05) is 27.7 Å². The number of nitrogens with zero attached hydrogens (tertiary/aromatic N) is 1. The van der Waals surface area contributed by atoms with Gasteiger partial charge in [-0.25, -0.2) is 4.98 Å². The molecule has 7 amide bonds. The van der Waals surface area contributed by atoms with Gasteiger partial charge < -0.3 is 58.6 Å². The van der Waals surface area contributed by atoms with Gasteiger partial charge >= 0.3 is 5.97 Å². The maximum atomic E-state index is 13.7. The van der Waals surface area contributed by atoms with Gasteiger partial charge in [-0.15, -0.1) is 0 Å². The predicted octanol–water partition coefficient (Wildman–Crippen LogP) is -2.61. The number of imidazole rings is 1. The number of hydrogen-bond acceptors (Lipinski definition) is 12. The van der Waals surface area contributed by atoms with Crippen molar-refractivity contribution < 1.29 is 48.6 Å². The number of nitrogens with one attached hydrogen (secondary N) is 7. The van der Waals surface area contributed by atoms with Crippen molar-refractivity contribution >= 4 is 59.1 Å². The van der Waals surface area contributed by atoms with Crippen LogP contribution in [0, 0.1) is 11.8 Å². The molecule has 0 spiro atoms. The fourth-order valence-electron chi connectivity index (χ4n) is 5.09. The van der Waals surface area contributed by atoms with Crippen molar-refractivity contribution in [2.45, 2.75) is 122 Å². The predicted molar refractivity (Wildman–Crippen MR) is 203 cm³/mol. The van der Waals surface area contributed by atoms with Crippen LogP contribution in [0.15, 0.2) is 12.5 Å². The maximum Gasteiger partial charge on any atom is 0.325 e. The molecule has 0 radical (unpaired) electrons. The number of carboxylic acid groups (broad SMARTS) is 1. The highest BCUT2D eigenvalue weighted by Crippen LogP contribution is 2.10. The fraction of sp³-hybridized carbons (Fsp3) is 0.676. The molecule has 0 unspecified atom stereocenters. The van der Waals surface area contributed by atoms with Crippen molar-refractivity contribution in [3.05, 3.63) is 18.2 Å². The van der Waals surface area contributed by atoms with Gasteiger partial charge in [0, 0.05) is 24.7 Å². The van der Waals surface area contributed by atoms with E-state index in [-0.39, 0.29) is 31.6 Å². The van der Waals surface area contributed by atoms with Crippen LogP contribution in [0.4, 0.5) is 0 Å². The second-order valence-electron chi connectivity index (χ2n) is 14.0. The van der Waals surface area contributed by atoms with Gasteiger partial charge in [0.05, 0.1) is 18.5 Å². The molecule has 21 heteroatoms. The molecular formula is C34H58N10O10S. The summed E-state index contributed by atoms with van der Waals surface area (Å²) in [5, 5.41) is 34.5. The Kier molecular flexibility index (Phi) is 21.0. The SMILES string of the molecule is CSCC[C@H](N)C(=O)N[C@@H](Cc1cnc[nH]1)C(=O)N[C@H](C(=O)N[C@@H](CCC(N)=O)C(=O)N[C@H](C(=O)N[C@@H](CC(C)C)C(=O)N[C@@H](C)C(=O)O)[C@@H](C)O)C(C)C. The van der Waals surface area contributed by atoms with E-state index in [1.807, 2.05) is 6.26 Å². The summed E-state index contributed by atoms with van der Waals surface area (Å²) in [5.41, 5.74) is 11.9. The Hall–Kier alpha value is -4.76. The smallest absolute Gasteiger partial charge is 0.325 e. The minimum Gasteiger partial charge on any atom is -0.480 e. The lowest BCUT2D eigenvalue weighted by atomic mass is 10.00. The van der Waals surface area contributed by atoms with Crippen LogP contribution in [0.2, 0.25) is 0 Å². The molecule has 55 heavy (non-hydrogen) atoms. The number of H-pyrrole nitrogens is 1. The summed E-state index contributed by atoms with van der Waals surface area (Å²) < 4.78 is 0. The molecule has 13 N–H and O–H groups in total. The second kappa shape index (κ2) is 23.9. The molecule has 20 nitrogen and oxygen atoms in total. The summed E-state index contributed by atoms with van der Waals surface area (Å²) in [6, 6.07) is -9.04. The lowest BCUT2D eigenvalue weighted by Gasteiger charge is -2.29. The highest BCUT2D eigenvalue weighted by molar-refractivity contribution is 7.98. The van der Waals surface area contributed by atoms with Gasteiger partial charge in [0.2, 0.25) is 41.4 Å². The summed E-state index contributed by atoms with van der Waals surface area (Å²) in [6.45, 7) is 9.21. The van der Waals surface area contributed by atoms with Crippen LogP contribution in [0.3, 0.4) is 0 Å². The summed E-state index contributed by atoms with van der Waals surface area (Å²) in [7, 11) is 0. The zero-order valence-electron chi connectivity index (χ0n) is 32.3. The van der Waals surface area contributed by atoms with Crippen molar-refractivity contribution in [2.75, 3.05) is 12.0 Å². The molecule has 0 aliphatic carbocycles. The number of amides is 7. The van der Waals surface area contributed by atoms with Crippen molar-refractivity contribution in [1.82, 2.24) is 41.9 Å². The van der Waals surface area contributed by atoms with Gasteiger partial charge in [0.15, 0.2) is 0 Å². The molecule has 0 saturated heterocycles. The molecule has 310 valence electrons. The van der Waals surface area contributed by atoms with Gasteiger partial charge in [0.1, 0.15) is 36.3 Å². The van der Waals surface area contributed by atoms with E-state index in [2.05, 4.69) is 41.9 Å². The monoisotopic (exact) mass is 798 g/mol. The normalized spacial score (nSPS) is 15.6. The molecule has 1 aromatic rings. The van der Waals surface area contributed by atoms with Gasteiger partial charge in [0.25, 0.3) is 0 Å². The molecule has 0 aromatic carbocycles. The quantitative estimate of drug-likeness (QED) is 0.0484. The van der Waals surface area contributed by atoms with Gasteiger partial charge in [-0.05, 0) is 57.0 Å². The van der Waals surface area contributed by atoms with E-state index in [0.29, 0.717) is 17.9 Å². The Labute approximate surface area is 324 Å². The average Bonchev–Trinajstić information content (AvgIpc) is 3.61. The largest absolute Gasteiger partial charge is 0.480 e. The average molecular weight is 799 g/mol. The molecule has 0 aliphatic heterocycles. The third-order valence-electron chi connectivity index (χ3n) is 8.27. The summed E-state index contributed by atoms with van der Waals surface area (Å²) in [4.78, 5) is 110. The Morgan fingerprint density at radius 1 is 0.764 bits per heavy atom. The number of nitrogens with two attached hydrogens (primary N) is 2. The molecular weight excluding hydrogens is 741 g/mol. The number of hydrogen-bond donors (Lipinski definition) is 11. The molecule has 1 rings (SSSR count).